The smallest absolute Gasteiger partial charge is 0.410 e. The molecule has 0 aliphatic carbocycles. The standard InChI is InChI=1S/C25H30N4O2/c1-19(21-8-4-3-5-9-21)16-28-18-25(31-24(28)30)11-14-27(15-12-25)17-22-23-10-6-7-13-29(23)20(2)26-22/h3-10,13,19H,11-12,14-18H2,1-2H3/t19-/m1/s1. The number of aromatic nitrogens is 2. The fourth-order valence-corrected chi connectivity index (χ4v) is 5.02. The molecule has 2 aromatic heterocycles. The van der Waals surface area contributed by atoms with Crippen LogP contribution in [0.5, 0.6) is 0 Å². The lowest BCUT2D eigenvalue weighted by Crippen LogP contribution is -2.46. The van der Waals surface area contributed by atoms with Crippen LogP contribution >= 0.6 is 0 Å². The summed E-state index contributed by atoms with van der Waals surface area (Å²) in [6, 6.07) is 16.6. The summed E-state index contributed by atoms with van der Waals surface area (Å²) >= 11 is 0. The van der Waals surface area contributed by atoms with E-state index < -0.39 is 0 Å². The van der Waals surface area contributed by atoms with Gasteiger partial charge in [-0.05, 0) is 30.5 Å². The number of rotatable bonds is 5. The fraction of sp³-hybridized carbons (Fsp3) is 0.440. The molecule has 6 heteroatoms. The molecule has 0 unspecified atom stereocenters. The average molecular weight is 419 g/mol. The maximum atomic E-state index is 12.6. The number of carbonyl (C=O) groups excluding carboxylic acids is 1. The Morgan fingerprint density at radius 1 is 1.10 bits per heavy atom. The van der Waals surface area contributed by atoms with Crippen molar-refractivity contribution >= 4 is 11.6 Å². The van der Waals surface area contributed by atoms with Gasteiger partial charge >= 0.3 is 6.09 Å². The first-order chi connectivity index (χ1) is 15.0. The number of benzene rings is 1. The van der Waals surface area contributed by atoms with E-state index in [1.807, 2.05) is 24.0 Å². The number of hydrogen-bond acceptors (Lipinski definition) is 4. The lowest BCUT2D eigenvalue weighted by molar-refractivity contribution is -0.00140. The van der Waals surface area contributed by atoms with Crippen LogP contribution in [-0.4, -0.2) is 57.1 Å². The van der Waals surface area contributed by atoms with Crippen molar-refractivity contribution in [3.05, 3.63) is 71.8 Å². The zero-order chi connectivity index (χ0) is 21.4. The molecule has 4 heterocycles. The monoisotopic (exact) mass is 418 g/mol. The summed E-state index contributed by atoms with van der Waals surface area (Å²) in [7, 11) is 0. The van der Waals surface area contributed by atoms with Gasteiger partial charge in [0, 0.05) is 45.2 Å². The third kappa shape index (κ3) is 3.92. The molecule has 3 aromatic rings. The molecule has 1 spiro atoms. The van der Waals surface area contributed by atoms with Gasteiger partial charge in [0.05, 0.1) is 17.8 Å². The highest BCUT2D eigenvalue weighted by Gasteiger charge is 2.47. The quantitative estimate of drug-likeness (QED) is 0.622. The highest BCUT2D eigenvalue weighted by Crippen LogP contribution is 2.35. The highest BCUT2D eigenvalue weighted by atomic mass is 16.6. The van der Waals surface area contributed by atoms with Crippen molar-refractivity contribution in [3.8, 4) is 0 Å². The van der Waals surface area contributed by atoms with E-state index in [9.17, 15) is 4.79 Å². The lowest BCUT2D eigenvalue weighted by atomic mass is 9.91. The predicted molar refractivity (Wildman–Crippen MR) is 120 cm³/mol. The first-order valence-corrected chi connectivity index (χ1v) is 11.2. The molecule has 0 saturated carbocycles. The van der Waals surface area contributed by atoms with E-state index in [1.165, 1.54) is 11.1 Å². The van der Waals surface area contributed by atoms with Gasteiger partial charge in [0.1, 0.15) is 11.4 Å². The van der Waals surface area contributed by atoms with E-state index in [2.05, 4.69) is 58.8 Å². The maximum Gasteiger partial charge on any atom is 0.410 e. The molecular weight excluding hydrogens is 388 g/mol. The fourth-order valence-electron chi connectivity index (χ4n) is 5.02. The summed E-state index contributed by atoms with van der Waals surface area (Å²) in [5, 5.41) is 0. The van der Waals surface area contributed by atoms with Gasteiger partial charge in [-0.25, -0.2) is 9.78 Å². The Morgan fingerprint density at radius 2 is 1.84 bits per heavy atom. The minimum atomic E-state index is -0.337. The van der Waals surface area contributed by atoms with Crippen molar-refractivity contribution in [1.29, 1.82) is 0 Å². The predicted octanol–water partition coefficient (Wildman–Crippen LogP) is 4.23. The summed E-state index contributed by atoms with van der Waals surface area (Å²) in [5.74, 6) is 1.31. The molecule has 2 aliphatic rings. The van der Waals surface area contributed by atoms with E-state index in [4.69, 9.17) is 9.72 Å². The van der Waals surface area contributed by atoms with Crippen LogP contribution in [0.15, 0.2) is 54.7 Å². The number of amides is 1. The first kappa shape index (κ1) is 20.1. The summed E-state index contributed by atoms with van der Waals surface area (Å²) in [4.78, 5) is 21.7. The molecular formula is C25H30N4O2. The normalized spacial score (nSPS) is 19.8. The van der Waals surface area contributed by atoms with Crippen molar-refractivity contribution in [2.24, 2.45) is 0 Å². The summed E-state index contributed by atoms with van der Waals surface area (Å²) in [6.07, 6.45) is 3.65. The van der Waals surface area contributed by atoms with Crippen molar-refractivity contribution < 1.29 is 9.53 Å². The molecule has 1 atom stereocenters. The Balaban J connectivity index is 1.20. The molecule has 0 bridgehead atoms. The Kier molecular flexibility index (Phi) is 5.18. The molecule has 1 aromatic carbocycles. The second-order valence-electron chi connectivity index (χ2n) is 9.08. The molecule has 162 valence electrons. The van der Waals surface area contributed by atoms with Gasteiger partial charge in [-0.1, -0.05) is 43.3 Å². The van der Waals surface area contributed by atoms with Gasteiger partial charge in [0.2, 0.25) is 0 Å². The number of piperidine rings is 1. The van der Waals surface area contributed by atoms with Gasteiger partial charge in [-0.3, -0.25) is 4.90 Å². The zero-order valence-electron chi connectivity index (χ0n) is 18.3. The molecule has 2 fully saturated rings. The number of nitrogens with zero attached hydrogens (tertiary/aromatic N) is 4. The average Bonchev–Trinajstić information content (AvgIpc) is 3.27. The number of carbonyl (C=O) groups is 1. The number of pyridine rings is 1. The second-order valence-corrected chi connectivity index (χ2v) is 9.08. The minimum absolute atomic E-state index is 0.160. The van der Waals surface area contributed by atoms with E-state index in [0.29, 0.717) is 19.0 Å². The number of imidazole rings is 1. The van der Waals surface area contributed by atoms with Gasteiger partial charge in [0.25, 0.3) is 0 Å². The molecule has 0 radical (unpaired) electrons. The largest absolute Gasteiger partial charge is 0.441 e. The zero-order valence-corrected chi connectivity index (χ0v) is 18.3. The Hall–Kier alpha value is -2.86. The number of ether oxygens (including phenoxy) is 1. The van der Waals surface area contributed by atoms with Crippen LogP contribution in [0.3, 0.4) is 0 Å². The first-order valence-electron chi connectivity index (χ1n) is 11.2. The van der Waals surface area contributed by atoms with Crippen LogP contribution in [0.2, 0.25) is 0 Å². The molecule has 31 heavy (non-hydrogen) atoms. The topological polar surface area (TPSA) is 50.1 Å². The van der Waals surface area contributed by atoms with E-state index in [0.717, 1.165) is 44.0 Å². The Bertz CT molecular complexity index is 1070. The highest BCUT2D eigenvalue weighted by molar-refractivity contribution is 5.71. The number of aryl methyl sites for hydroxylation is 1. The van der Waals surface area contributed by atoms with Gasteiger partial charge < -0.3 is 14.0 Å². The maximum absolute atomic E-state index is 12.6. The third-order valence-corrected chi connectivity index (χ3v) is 6.85. The molecule has 0 N–H and O–H groups in total. The molecule has 6 nitrogen and oxygen atoms in total. The SMILES string of the molecule is Cc1nc(CN2CCC3(CC2)CN(C[C@@H](C)c2ccccc2)C(=O)O3)c2ccccn12. The van der Waals surface area contributed by atoms with Crippen LogP contribution in [0.4, 0.5) is 4.79 Å². The summed E-state index contributed by atoms with van der Waals surface area (Å²) in [5.41, 5.74) is 3.22. The summed E-state index contributed by atoms with van der Waals surface area (Å²) < 4.78 is 8.10. The Labute approximate surface area is 183 Å². The van der Waals surface area contributed by atoms with Crippen LogP contribution in [0, 0.1) is 6.92 Å². The Morgan fingerprint density at radius 3 is 2.61 bits per heavy atom. The van der Waals surface area contributed by atoms with Gasteiger partial charge in [0.15, 0.2) is 0 Å². The second kappa shape index (κ2) is 8.00. The van der Waals surface area contributed by atoms with Crippen LogP contribution < -0.4 is 0 Å². The molecule has 5 rings (SSSR count). The lowest BCUT2D eigenvalue weighted by Gasteiger charge is -2.37. The van der Waals surface area contributed by atoms with Crippen molar-refractivity contribution in [2.45, 2.75) is 44.8 Å². The van der Waals surface area contributed by atoms with Gasteiger partial charge in [-0.2, -0.15) is 0 Å². The molecule has 2 saturated heterocycles. The van der Waals surface area contributed by atoms with Crippen molar-refractivity contribution in [2.75, 3.05) is 26.2 Å². The molecule has 2 aliphatic heterocycles. The van der Waals surface area contributed by atoms with Crippen molar-refractivity contribution in [3.63, 3.8) is 0 Å². The van der Waals surface area contributed by atoms with E-state index in [-0.39, 0.29) is 11.7 Å². The summed E-state index contributed by atoms with van der Waals surface area (Å²) in [6.45, 7) is 8.29. The van der Waals surface area contributed by atoms with Gasteiger partial charge in [-0.15, -0.1) is 0 Å². The third-order valence-electron chi connectivity index (χ3n) is 6.85. The number of hydrogen-bond donors (Lipinski definition) is 0. The van der Waals surface area contributed by atoms with Crippen LogP contribution in [-0.2, 0) is 11.3 Å². The number of fused-ring (bicyclic) bond motifs is 1. The molecule has 1 amide bonds. The van der Waals surface area contributed by atoms with Crippen LogP contribution in [0.25, 0.3) is 5.52 Å². The van der Waals surface area contributed by atoms with E-state index in [1.54, 1.807) is 0 Å². The minimum Gasteiger partial charge on any atom is -0.441 e. The van der Waals surface area contributed by atoms with Crippen molar-refractivity contribution in [1.82, 2.24) is 19.2 Å². The van der Waals surface area contributed by atoms with Crippen LogP contribution in [0.1, 0.15) is 42.8 Å². The van der Waals surface area contributed by atoms with E-state index >= 15 is 0 Å². The number of likely N-dealkylation sites (tertiary alicyclic amines) is 1.